The summed E-state index contributed by atoms with van der Waals surface area (Å²) in [6.45, 7) is 7.00. The third kappa shape index (κ3) is 10.7. The van der Waals surface area contributed by atoms with Gasteiger partial charge in [0.2, 0.25) is 5.91 Å². The van der Waals surface area contributed by atoms with Gasteiger partial charge in [-0.15, -0.1) is 0 Å². The van der Waals surface area contributed by atoms with Gasteiger partial charge in [-0.1, -0.05) is 65.2 Å². The molecule has 0 heterocycles. The Hall–Kier alpha value is -1.04. The van der Waals surface area contributed by atoms with Gasteiger partial charge in [0.15, 0.2) is 0 Å². The van der Waals surface area contributed by atoms with E-state index in [-0.39, 0.29) is 11.9 Å². The SMILES string of the molecule is CCCCCCCCCCCC(=O)N(CCC#N)C(C)CC. The lowest BCUT2D eigenvalue weighted by molar-refractivity contribution is -0.133. The monoisotopic (exact) mass is 308 g/mol. The van der Waals surface area contributed by atoms with Gasteiger partial charge in [-0.2, -0.15) is 5.26 Å². The molecule has 0 aromatic rings. The van der Waals surface area contributed by atoms with Crippen molar-refractivity contribution in [3.63, 3.8) is 0 Å². The Labute approximate surface area is 138 Å². The summed E-state index contributed by atoms with van der Waals surface area (Å²) in [5.74, 6) is 0.229. The van der Waals surface area contributed by atoms with Crippen LogP contribution in [0.15, 0.2) is 0 Å². The maximum absolute atomic E-state index is 12.3. The van der Waals surface area contributed by atoms with Crippen molar-refractivity contribution in [1.82, 2.24) is 4.90 Å². The number of hydrogen-bond donors (Lipinski definition) is 0. The topological polar surface area (TPSA) is 44.1 Å². The molecule has 0 rings (SSSR count). The van der Waals surface area contributed by atoms with E-state index in [0.29, 0.717) is 19.4 Å². The van der Waals surface area contributed by atoms with E-state index >= 15 is 0 Å². The Morgan fingerprint density at radius 3 is 2.05 bits per heavy atom. The minimum absolute atomic E-state index is 0.229. The van der Waals surface area contributed by atoms with Gasteiger partial charge in [-0.3, -0.25) is 4.79 Å². The highest BCUT2D eigenvalue weighted by Crippen LogP contribution is 2.13. The Bertz CT molecular complexity index is 309. The Morgan fingerprint density at radius 1 is 1.00 bits per heavy atom. The van der Waals surface area contributed by atoms with Gasteiger partial charge >= 0.3 is 0 Å². The predicted octanol–water partition coefficient (Wildman–Crippen LogP) is 5.45. The molecule has 0 aromatic heterocycles. The lowest BCUT2D eigenvalue weighted by atomic mass is 10.1. The average molecular weight is 309 g/mol. The van der Waals surface area contributed by atoms with Crippen LogP contribution in [0.4, 0.5) is 0 Å². The zero-order chi connectivity index (χ0) is 16.6. The molecule has 0 radical (unpaired) electrons. The normalized spacial score (nSPS) is 11.9. The van der Waals surface area contributed by atoms with Crippen molar-refractivity contribution in [3.05, 3.63) is 0 Å². The zero-order valence-corrected chi connectivity index (χ0v) is 15.1. The van der Waals surface area contributed by atoms with Crippen LogP contribution in [0.1, 0.15) is 97.8 Å². The van der Waals surface area contributed by atoms with Crippen molar-refractivity contribution in [2.75, 3.05) is 6.54 Å². The van der Waals surface area contributed by atoms with Gasteiger partial charge in [0, 0.05) is 19.0 Å². The van der Waals surface area contributed by atoms with Crippen LogP contribution < -0.4 is 0 Å². The number of unbranched alkanes of at least 4 members (excludes halogenated alkanes) is 8. The van der Waals surface area contributed by atoms with E-state index in [4.69, 9.17) is 5.26 Å². The highest BCUT2D eigenvalue weighted by atomic mass is 16.2. The maximum atomic E-state index is 12.3. The summed E-state index contributed by atoms with van der Waals surface area (Å²) < 4.78 is 0. The quantitative estimate of drug-likeness (QED) is 0.401. The lowest BCUT2D eigenvalue weighted by Crippen LogP contribution is -2.38. The first-order valence-corrected chi connectivity index (χ1v) is 9.33. The molecule has 3 heteroatoms. The first kappa shape index (κ1) is 21.0. The van der Waals surface area contributed by atoms with Crippen LogP contribution >= 0.6 is 0 Å². The van der Waals surface area contributed by atoms with E-state index in [9.17, 15) is 4.79 Å². The molecule has 0 saturated heterocycles. The third-order valence-electron chi connectivity index (χ3n) is 4.40. The fraction of sp³-hybridized carbons (Fsp3) is 0.895. The minimum Gasteiger partial charge on any atom is -0.339 e. The Morgan fingerprint density at radius 2 is 1.55 bits per heavy atom. The molecule has 1 atom stereocenters. The van der Waals surface area contributed by atoms with E-state index in [1.165, 1.54) is 44.9 Å². The van der Waals surface area contributed by atoms with Gasteiger partial charge < -0.3 is 4.90 Å². The van der Waals surface area contributed by atoms with Gasteiger partial charge in [0.25, 0.3) is 0 Å². The predicted molar refractivity (Wildman–Crippen MR) is 93.5 cm³/mol. The highest BCUT2D eigenvalue weighted by Gasteiger charge is 2.17. The average Bonchev–Trinajstić information content (AvgIpc) is 2.53. The molecule has 0 aromatic carbocycles. The molecular formula is C19H36N2O. The van der Waals surface area contributed by atoms with Gasteiger partial charge in [-0.25, -0.2) is 0 Å². The van der Waals surface area contributed by atoms with E-state index in [0.717, 1.165) is 19.3 Å². The first-order valence-electron chi connectivity index (χ1n) is 9.33. The molecule has 1 unspecified atom stereocenters. The summed E-state index contributed by atoms with van der Waals surface area (Å²) in [5, 5.41) is 8.71. The van der Waals surface area contributed by atoms with Crippen molar-refractivity contribution in [1.29, 1.82) is 5.26 Å². The molecule has 0 spiro atoms. The molecular weight excluding hydrogens is 272 g/mol. The molecule has 1 amide bonds. The maximum Gasteiger partial charge on any atom is 0.222 e. The number of rotatable bonds is 14. The zero-order valence-electron chi connectivity index (χ0n) is 15.1. The summed E-state index contributed by atoms with van der Waals surface area (Å²) in [6, 6.07) is 2.39. The standard InChI is InChI=1S/C19H36N2O/c1-4-6-7-8-9-10-11-12-13-15-19(22)21(17-14-16-20)18(3)5-2/h18H,4-15,17H2,1-3H3. The molecule has 22 heavy (non-hydrogen) atoms. The van der Waals surface area contributed by atoms with Crippen LogP contribution in [0.5, 0.6) is 0 Å². The van der Waals surface area contributed by atoms with E-state index < -0.39 is 0 Å². The van der Waals surface area contributed by atoms with Crippen LogP contribution in [-0.4, -0.2) is 23.4 Å². The van der Waals surface area contributed by atoms with Crippen molar-refractivity contribution in [2.45, 2.75) is 104 Å². The molecule has 0 saturated carbocycles. The second-order valence-corrected chi connectivity index (χ2v) is 6.33. The fourth-order valence-corrected chi connectivity index (χ4v) is 2.71. The second kappa shape index (κ2) is 14.9. The summed E-state index contributed by atoms with van der Waals surface area (Å²) in [4.78, 5) is 14.2. The van der Waals surface area contributed by atoms with Crippen LogP contribution in [0.2, 0.25) is 0 Å². The third-order valence-corrected chi connectivity index (χ3v) is 4.40. The van der Waals surface area contributed by atoms with Gasteiger partial charge in [0.1, 0.15) is 0 Å². The van der Waals surface area contributed by atoms with Crippen molar-refractivity contribution >= 4 is 5.91 Å². The smallest absolute Gasteiger partial charge is 0.222 e. The molecule has 0 aliphatic rings. The molecule has 0 N–H and O–H groups in total. The molecule has 0 aliphatic heterocycles. The summed E-state index contributed by atoms with van der Waals surface area (Å²) in [6.07, 6.45) is 13.5. The van der Waals surface area contributed by atoms with Crippen LogP contribution in [-0.2, 0) is 4.79 Å². The molecule has 0 aliphatic carbocycles. The second-order valence-electron chi connectivity index (χ2n) is 6.33. The Balaban J connectivity index is 3.74. The highest BCUT2D eigenvalue weighted by molar-refractivity contribution is 5.76. The van der Waals surface area contributed by atoms with Crippen molar-refractivity contribution in [3.8, 4) is 6.07 Å². The minimum atomic E-state index is 0.229. The molecule has 0 fully saturated rings. The van der Waals surface area contributed by atoms with Crippen molar-refractivity contribution < 1.29 is 4.79 Å². The van der Waals surface area contributed by atoms with Gasteiger partial charge in [-0.05, 0) is 19.8 Å². The van der Waals surface area contributed by atoms with E-state index in [1.807, 2.05) is 4.90 Å². The summed E-state index contributed by atoms with van der Waals surface area (Å²) in [7, 11) is 0. The molecule has 0 bridgehead atoms. The number of amides is 1. The number of nitriles is 1. The number of carbonyl (C=O) groups is 1. The largest absolute Gasteiger partial charge is 0.339 e. The summed E-state index contributed by atoms with van der Waals surface area (Å²) in [5.41, 5.74) is 0. The number of nitrogens with zero attached hydrogens (tertiary/aromatic N) is 2. The summed E-state index contributed by atoms with van der Waals surface area (Å²) >= 11 is 0. The van der Waals surface area contributed by atoms with E-state index in [1.54, 1.807) is 0 Å². The van der Waals surface area contributed by atoms with Crippen LogP contribution in [0.3, 0.4) is 0 Å². The van der Waals surface area contributed by atoms with Gasteiger partial charge in [0.05, 0.1) is 12.5 Å². The number of carbonyl (C=O) groups excluding carboxylic acids is 1. The van der Waals surface area contributed by atoms with Crippen LogP contribution in [0.25, 0.3) is 0 Å². The van der Waals surface area contributed by atoms with E-state index in [2.05, 4.69) is 26.8 Å². The fourth-order valence-electron chi connectivity index (χ4n) is 2.71. The first-order chi connectivity index (χ1) is 10.7. The molecule has 3 nitrogen and oxygen atoms in total. The molecule has 128 valence electrons. The lowest BCUT2D eigenvalue weighted by Gasteiger charge is -2.28. The van der Waals surface area contributed by atoms with Crippen molar-refractivity contribution in [2.24, 2.45) is 0 Å². The van der Waals surface area contributed by atoms with Crippen LogP contribution in [0, 0.1) is 11.3 Å². The Kier molecular flexibility index (Phi) is 14.2. The number of hydrogen-bond acceptors (Lipinski definition) is 2.